The second-order valence-electron chi connectivity index (χ2n) is 7.78. The van der Waals surface area contributed by atoms with Crippen molar-refractivity contribution in [3.05, 3.63) is 82.7 Å². The Morgan fingerprint density at radius 1 is 1.03 bits per heavy atom. The Kier molecular flexibility index (Phi) is 6.92. The van der Waals surface area contributed by atoms with E-state index in [1.54, 1.807) is 13.8 Å². The third-order valence-corrected chi connectivity index (χ3v) is 6.62. The lowest BCUT2D eigenvalue weighted by Gasteiger charge is -2.10. The first kappa shape index (κ1) is 22.7. The van der Waals surface area contributed by atoms with Gasteiger partial charge in [0.15, 0.2) is 0 Å². The molecule has 0 saturated heterocycles. The summed E-state index contributed by atoms with van der Waals surface area (Å²) in [6.07, 6.45) is 0. The number of nitrogens with one attached hydrogen (secondary N) is 2. The fraction of sp³-hybridized carbons (Fsp3) is 0.304. The van der Waals surface area contributed by atoms with Crippen LogP contribution in [-0.2, 0) is 23.1 Å². The van der Waals surface area contributed by atoms with Gasteiger partial charge in [0.05, 0.1) is 17.1 Å². The summed E-state index contributed by atoms with van der Waals surface area (Å²) in [5.74, 6) is -0.268. The standard InChI is InChI=1S/C23H28N4O3S/c1-16(2)26-31(29,30)21-12-10-20(11-13-21)23(28)24-14-22-17(3)25-27(18(22)4)15-19-8-6-5-7-9-19/h5-13,16,26H,14-15H2,1-4H3,(H,24,28). The molecule has 0 aliphatic carbocycles. The number of rotatable bonds is 8. The Hall–Kier alpha value is -2.97. The molecule has 31 heavy (non-hydrogen) atoms. The Labute approximate surface area is 183 Å². The fourth-order valence-corrected chi connectivity index (χ4v) is 4.59. The first-order valence-corrected chi connectivity index (χ1v) is 11.6. The van der Waals surface area contributed by atoms with Gasteiger partial charge >= 0.3 is 0 Å². The van der Waals surface area contributed by atoms with E-state index in [9.17, 15) is 13.2 Å². The van der Waals surface area contributed by atoms with Crippen LogP contribution in [0.4, 0.5) is 0 Å². The molecule has 164 valence electrons. The minimum atomic E-state index is -3.58. The van der Waals surface area contributed by atoms with E-state index in [4.69, 9.17) is 0 Å². The minimum Gasteiger partial charge on any atom is -0.348 e. The highest BCUT2D eigenvalue weighted by Gasteiger charge is 2.17. The van der Waals surface area contributed by atoms with Crippen molar-refractivity contribution < 1.29 is 13.2 Å². The van der Waals surface area contributed by atoms with Crippen molar-refractivity contribution in [2.45, 2.75) is 51.7 Å². The topological polar surface area (TPSA) is 93.1 Å². The average Bonchev–Trinajstić information content (AvgIpc) is 2.98. The molecular formula is C23H28N4O3S. The number of aryl methyl sites for hydroxylation is 1. The highest BCUT2D eigenvalue weighted by molar-refractivity contribution is 7.89. The lowest BCUT2D eigenvalue weighted by Crippen LogP contribution is -2.30. The molecule has 0 spiro atoms. The zero-order chi connectivity index (χ0) is 22.6. The van der Waals surface area contributed by atoms with E-state index in [1.165, 1.54) is 24.3 Å². The van der Waals surface area contributed by atoms with Crippen LogP contribution in [0.1, 0.15) is 46.7 Å². The second-order valence-corrected chi connectivity index (χ2v) is 9.49. The van der Waals surface area contributed by atoms with Gasteiger partial charge in [-0.2, -0.15) is 5.10 Å². The molecule has 1 amide bonds. The van der Waals surface area contributed by atoms with E-state index < -0.39 is 10.0 Å². The molecule has 2 N–H and O–H groups in total. The van der Waals surface area contributed by atoms with Gasteiger partial charge in [0.1, 0.15) is 0 Å². The number of hydrogen-bond acceptors (Lipinski definition) is 4. The van der Waals surface area contributed by atoms with Crippen LogP contribution in [-0.4, -0.2) is 30.1 Å². The van der Waals surface area contributed by atoms with Gasteiger partial charge in [-0.05, 0) is 57.5 Å². The van der Waals surface area contributed by atoms with Gasteiger partial charge in [0.2, 0.25) is 10.0 Å². The molecule has 0 radical (unpaired) electrons. The van der Waals surface area contributed by atoms with Crippen molar-refractivity contribution in [3.63, 3.8) is 0 Å². The van der Waals surface area contributed by atoms with Crippen LogP contribution >= 0.6 is 0 Å². The molecule has 0 saturated carbocycles. The summed E-state index contributed by atoms with van der Waals surface area (Å²) in [4.78, 5) is 12.7. The number of benzene rings is 2. The summed E-state index contributed by atoms with van der Waals surface area (Å²) in [5, 5.41) is 7.52. The molecule has 3 rings (SSSR count). The van der Waals surface area contributed by atoms with Crippen molar-refractivity contribution in [2.24, 2.45) is 0 Å². The quantitative estimate of drug-likeness (QED) is 0.563. The largest absolute Gasteiger partial charge is 0.348 e. The smallest absolute Gasteiger partial charge is 0.251 e. The monoisotopic (exact) mass is 440 g/mol. The van der Waals surface area contributed by atoms with Gasteiger partial charge in [-0.25, -0.2) is 13.1 Å². The molecule has 0 bridgehead atoms. The maximum atomic E-state index is 12.6. The Morgan fingerprint density at radius 2 is 1.68 bits per heavy atom. The van der Waals surface area contributed by atoms with E-state index in [0.29, 0.717) is 18.7 Å². The number of carbonyl (C=O) groups is 1. The predicted octanol–water partition coefficient (Wildman–Crippen LogP) is 3.16. The summed E-state index contributed by atoms with van der Waals surface area (Å²) in [7, 11) is -3.58. The molecule has 2 aromatic carbocycles. The second kappa shape index (κ2) is 9.45. The fourth-order valence-electron chi connectivity index (χ4n) is 3.33. The number of carbonyl (C=O) groups excluding carboxylic acids is 1. The van der Waals surface area contributed by atoms with Crippen LogP contribution < -0.4 is 10.0 Å². The highest BCUT2D eigenvalue weighted by Crippen LogP contribution is 2.16. The molecular weight excluding hydrogens is 412 g/mol. The van der Waals surface area contributed by atoms with Crippen molar-refractivity contribution in [2.75, 3.05) is 0 Å². The SMILES string of the molecule is Cc1nn(Cc2ccccc2)c(C)c1CNC(=O)c1ccc(S(=O)(=O)NC(C)C)cc1. The summed E-state index contributed by atoms with van der Waals surface area (Å²) in [5.41, 5.74) is 4.41. The van der Waals surface area contributed by atoms with Crippen molar-refractivity contribution >= 4 is 15.9 Å². The normalized spacial score (nSPS) is 11.6. The van der Waals surface area contributed by atoms with Crippen molar-refractivity contribution in [1.82, 2.24) is 19.8 Å². The Morgan fingerprint density at radius 3 is 2.29 bits per heavy atom. The maximum Gasteiger partial charge on any atom is 0.251 e. The Bertz CT molecular complexity index is 1150. The van der Waals surface area contributed by atoms with E-state index in [2.05, 4.69) is 27.3 Å². The zero-order valence-corrected chi connectivity index (χ0v) is 19.0. The van der Waals surface area contributed by atoms with Crippen LogP contribution in [0.3, 0.4) is 0 Å². The lowest BCUT2D eigenvalue weighted by atomic mass is 10.1. The van der Waals surface area contributed by atoms with Crippen molar-refractivity contribution in [3.8, 4) is 0 Å². The summed E-state index contributed by atoms with van der Waals surface area (Å²) >= 11 is 0. The summed E-state index contributed by atoms with van der Waals surface area (Å²) < 4.78 is 28.9. The van der Waals surface area contributed by atoms with E-state index >= 15 is 0 Å². The van der Waals surface area contributed by atoms with Crippen molar-refractivity contribution in [1.29, 1.82) is 0 Å². The van der Waals surface area contributed by atoms with Crippen LogP contribution in [0.25, 0.3) is 0 Å². The zero-order valence-electron chi connectivity index (χ0n) is 18.2. The van der Waals surface area contributed by atoms with E-state index in [1.807, 2.05) is 36.7 Å². The average molecular weight is 441 g/mol. The van der Waals surface area contributed by atoms with E-state index in [0.717, 1.165) is 22.5 Å². The molecule has 1 aromatic heterocycles. The van der Waals surface area contributed by atoms with Gasteiger partial charge < -0.3 is 5.32 Å². The molecule has 3 aromatic rings. The molecule has 1 heterocycles. The van der Waals surface area contributed by atoms with Gasteiger partial charge in [-0.3, -0.25) is 9.48 Å². The van der Waals surface area contributed by atoms with Gasteiger partial charge in [-0.15, -0.1) is 0 Å². The molecule has 7 nitrogen and oxygen atoms in total. The third-order valence-electron chi connectivity index (χ3n) is 4.95. The molecule has 0 aliphatic heterocycles. The summed E-state index contributed by atoms with van der Waals surface area (Å²) in [6.45, 7) is 8.45. The lowest BCUT2D eigenvalue weighted by molar-refractivity contribution is 0.0950. The number of sulfonamides is 1. The van der Waals surface area contributed by atoms with Gasteiger partial charge in [0.25, 0.3) is 5.91 Å². The van der Waals surface area contributed by atoms with E-state index in [-0.39, 0.29) is 16.8 Å². The predicted molar refractivity (Wildman–Crippen MR) is 120 cm³/mol. The molecule has 0 aliphatic rings. The van der Waals surface area contributed by atoms with Crippen LogP contribution in [0.2, 0.25) is 0 Å². The first-order valence-electron chi connectivity index (χ1n) is 10.1. The highest BCUT2D eigenvalue weighted by atomic mass is 32.2. The molecule has 0 fully saturated rings. The van der Waals surface area contributed by atoms with Gasteiger partial charge in [-0.1, -0.05) is 30.3 Å². The maximum absolute atomic E-state index is 12.6. The number of hydrogen-bond donors (Lipinski definition) is 2. The van der Waals surface area contributed by atoms with Gasteiger partial charge in [0, 0.05) is 29.4 Å². The van der Waals surface area contributed by atoms with Crippen LogP contribution in [0, 0.1) is 13.8 Å². The number of nitrogens with zero attached hydrogens (tertiary/aromatic N) is 2. The number of aromatic nitrogens is 2. The molecule has 0 atom stereocenters. The van der Waals surface area contributed by atoms with Crippen LogP contribution in [0.15, 0.2) is 59.5 Å². The molecule has 8 heteroatoms. The first-order chi connectivity index (χ1) is 14.7. The summed E-state index contributed by atoms with van der Waals surface area (Å²) in [6, 6.07) is 15.8. The number of amides is 1. The van der Waals surface area contributed by atoms with Crippen LogP contribution in [0.5, 0.6) is 0 Å². The third kappa shape index (κ3) is 5.59. The molecule has 0 unspecified atom stereocenters. The Balaban J connectivity index is 1.67. The minimum absolute atomic E-state index is 0.131.